The molecule has 1 rings (SSSR count). The van der Waals surface area contributed by atoms with Crippen LogP contribution in [0.5, 0.6) is 5.75 Å². The number of carbonyl (C=O) groups excluding carboxylic acids is 2. The van der Waals surface area contributed by atoms with Gasteiger partial charge in [-0.05, 0) is 6.07 Å². The number of halogens is 3. The fourth-order valence-corrected chi connectivity index (χ4v) is 1.52. The van der Waals surface area contributed by atoms with Crippen LogP contribution in [0.15, 0.2) is 24.3 Å². The van der Waals surface area contributed by atoms with Crippen LogP contribution in [0.25, 0.3) is 0 Å². The van der Waals surface area contributed by atoms with E-state index in [1.54, 1.807) is 29.6 Å². The molecule has 0 fully saturated rings. The SMILES string of the molecule is COc1ccccc1CNC(=O)CCNC(=O)C(F)(F)F. The maximum atomic E-state index is 11.9. The summed E-state index contributed by atoms with van der Waals surface area (Å²) in [5.74, 6) is -1.92. The number of nitrogens with one attached hydrogen (secondary N) is 2. The van der Waals surface area contributed by atoms with E-state index in [1.165, 1.54) is 7.11 Å². The number of benzene rings is 1. The van der Waals surface area contributed by atoms with Crippen LogP contribution in [0.4, 0.5) is 13.2 Å². The maximum Gasteiger partial charge on any atom is 0.471 e. The van der Waals surface area contributed by atoms with Gasteiger partial charge in [0.1, 0.15) is 5.75 Å². The fourth-order valence-electron chi connectivity index (χ4n) is 1.52. The largest absolute Gasteiger partial charge is 0.496 e. The molecule has 5 nitrogen and oxygen atoms in total. The van der Waals surface area contributed by atoms with Crippen molar-refractivity contribution < 1.29 is 27.5 Å². The predicted molar refractivity (Wildman–Crippen MR) is 68.5 cm³/mol. The van der Waals surface area contributed by atoms with Crippen LogP contribution < -0.4 is 15.4 Å². The van der Waals surface area contributed by atoms with Crippen LogP contribution in [0.3, 0.4) is 0 Å². The average Bonchev–Trinajstić information content (AvgIpc) is 2.44. The number of hydrogen-bond donors (Lipinski definition) is 2. The maximum absolute atomic E-state index is 11.9. The van der Waals surface area contributed by atoms with E-state index in [2.05, 4.69) is 5.32 Å². The molecule has 1 aromatic carbocycles. The van der Waals surface area contributed by atoms with Crippen molar-refractivity contribution in [1.29, 1.82) is 0 Å². The Morgan fingerprint density at radius 3 is 2.48 bits per heavy atom. The van der Waals surface area contributed by atoms with E-state index in [4.69, 9.17) is 4.74 Å². The molecule has 0 aromatic heterocycles. The zero-order chi connectivity index (χ0) is 15.9. The highest BCUT2D eigenvalue weighted by Gasteiger charge is 2.38. The summed E-state index contributed by atoms with van der Waals surface area (Å²) in [7, 11) is 1.49. The smallest absolute Gasteiger partial charge is 0.471 e. The first-order valence-corrected chi connectivity index (χ1v) is 6.08. The number of amides is 2. The van der Waals surface area contributed by atoms with Gasteiger partial charge in [-0.25, -0.2) is 0 Å². The van der Waals surface area contributed by atoms with Gasteiger partial charge in [-0.1, -0.05) is 18.2 Å². The van der Waals surface area contributed by atoms with Crippen molar-refractivity contribution >= 4 is 11.8 Å². The molecule has 0 spiro atoms. The monoisotopic (exact) mass is 304 g/mol. The van der Waals surface area contributed by atoms with Crippen LogP contribution in [0.2, 0.25) is 0 Å². The van der Waals surface area contributed by atoms with Crippen molar-refractivity contribution in [2.24, 2.45) is 0 Å². The summed E-state index contributed by atoms with van der Waals surface area (Å²) >= 11 is 0. The predicted octanol–water partition coefficient (Wildman–Crippen LogP) is 1.38. The molecule has 0 bridgehead atoms. The van der Waals surface area contributed by atoms with Gasteiger partial charge in [-0.3, -0.25) is 9.59 Å². The Hall–Kier alpha value is -2.25. The van der Waals surface area contributed by atoms with E-state index >= 15 is 0 Å². The normalized spacial score (nSPS) is 10.9. The van der Waals surface area contributed by atoms with Crippen molar-refractivity contribution in [3.05, 3.63) is 29.8 Å². The van der Waals surface area contributed by atoms with E-state index in [-0.39, 0.29) is 19.5 Å². The Bertz CT molecular complexity index is 504. The lowest BCUT2D eigenvalue weighted by Gasteiger charge is -2.10. The van der Waals surface area contributed by atoms with E-state index < -0.39 is 18.0 Å². The average molecular weight is 304 g/mol. The van der Waals surface area contributed by atoms with Gasteiger partial charge < -0.3 is 15.4 Å². The standard InChI is InChI=1S/C13H15F3N2O3/c1-21-10-5-3-2-4-9(10)8-18-11(19)6-7-17-12(20)13(14,15)16/h2-5H,6-8H2,1H3,(H,17,20)(H,18,19). The van der Waals surface area contributed by atoms with Crippen molar-refractivity contribution in [2.45, 2.75) is 19.1 Å². The molecule has 0 unspecified atom stereocenters. The van der Waals surface area contributed by atoms with Crippen molar-refractivity contribution in [3.8, 4) is 5.75 Å². The van der Waals surface area contributed by atoms with Gasteiger partial charge in [0.15, 0.2) is 0 Å². The van der Waals surface area contributed by atoms with Gasteiger partial charge in [0.05, 0.1) is 7.11 Å². The third-order valence-corrected chi connectivity index (χ3v) is 2.56. The Balaban J connectivity index is 2.33. The molecule has 0 atom stereocenters. The second-order valence-corrected chi connectivity index (χ2v) is 4.09. The minimum Gasteiger partial charge on any atom is -0.496 e. The Labute approximate surface area is 119 Å². The molecule has 0 aliphatic rings. The van der Waals surface area contributed by atoms with Gasteiger partial charge in [0.2, 0.25) is 5.91 Å². The molecule has 2 N–H and O–H groups in total. The topological polar surface area (TPSA) is 67.4 Å². The van der Waals surface area contributed by atoms with Crippen molar-refractivity contribution in [1.82, 2.24) is 10.6 Å². The molecule has 0 aliphatic heterocycles. The zero-order valence-electron chi connectivity index (χ0n) is 11.3. The van der Waals surface area contributed by atoms with Gasteiger partial charge in [-0.2, -0.15) is 13.2 Å². The van der Waals surface area contributed by atoms with Gasteiger partial charge in [-0.15, -0.1) is 0 Å². The van der Waals surface area contributed by atoms with Gasteiger partial charge in [0, 0.05) is 25.1 Å². The molecule has 2 amide bonds. The molecular weight excluding hydrogens is 289 g/mol. The summed E-state index contributed by atoms with van der Waals surface area (Å²) in [5, 5.41) is 4.16. The highest BCUT2D eigenvalue weighted by Crippen LogP contribution is 2.16. The molecule has 21 heavy (non-hydrogen) atoms. The Morgan fingerprint density at radius 2 is 1.86 bits per heavy atom. The molecule has 116 valence electrons. The van der Waals surface area contributed by atoms with Crippen molar-refractivity contribution in [3.63, 3.8) is 0 Å². The molecule has 0 aliphatic carbocycles. The molecule has 0 saturated heterocycles. The molecule has 8 heteroatoms. The number of carbonyl (C=O) groups is 2. The summed E-state index contributed by atoms with van der Waals surface area (Å²) in [6.07, 6.45) is -5.18. The summed E-state index contributed by atoms with van der Waals surface area (Å²) in [5.41, 5.74) is 0.743. The zero-order valence-corrected chi connectivity index (χ0v) is 11.3. The third kappa shape index (κ3) is 5.72. The number of hydrogen-bond acceptors (Lipinski definition) is 3. The lowest BCUT2D eigenvalue weighted by Crippen LogP contribution is -2.38. The van der Waals surface area contributed by atoms with E-state index in [1.807, 2.05) is 0 Å². The van der Waals surface area contributed by atoms with Crippen LogP contribution in [-0.2, 0) is 16.1 Å². The summed E-state index contributed by atoms with van der Waals surface area (Å²) < 4.78 is 40.8. The molecule has 0 radical (unpaired) electrons. The minimum absolute atomic E-state index is 0.191. The number of rotatable bonds is 6. The first-order valence-electron chi connectivity index (χ1n) is 6.08. The van der Waals surface area contributed by atoms with Crippen LogP contribution in [0.1, 0.15) is 12.0 Å². The summed E-state index contributed by atoms with van der Waals surface area (Å²) in [6, 6.07) is 7.03. The third-order valence-electron chi connectivity index (χ3n) is 2.56. The highest BCUT2D eigenvalue weighted by molar-refractivity contribution is 5.82. The summed E-state index contributed by atoms with van der Waals surface area (Å²) in [4.78, 5) is 22.0. The number of para-hydroxylation sites is 1. The highest BCUT2D eigenvalue weighted by atomic mass is 19.4. The number of alkyl halides is 3. The fraction of sp³-hybridized carbons (Fsp3) is 0.385. The minimum atomic E-state index is -4.94. The molecule has 1 aromatic rings. The second-order valence-electron chi connectivity index (χ2n) is 4.09. The first kappa shape index (κ1) is 16.8. The quantitative estimate of drug-likeness (QED) is 0.834. The van der Waals surface area contributed by atoms with Crippen LogP contribution in [-0.4, -0.2) is 31.6 Å². The lowest BCUT2D eigenvalue weighted by molar-refractivity contribution is -0.173. The molecule has 0 saturated carbocycles. The Kier molecular flexibility index (Phi) is 6.01. The first-order chi connectivity index (χ1) is 9.84. The van der Waals surface area contributed by atoms with Gasteiger partial charge in [0.25, 0.3) is 0 Å². The van der Waals surface area contributed by atoms with E-state index in [9.17, 15) is 22.8 Å². The van der Waals surface area contributed by atoms with Crippen LogP contribution in [0, 0.1) is 0 Å². The molecular formula is C13H15F3N2O3. The summed E-state index contributed by atoms with van der Waals surface area (Å²) in [6.45, 7) is -0.188. The van der Waals surface area contributed by atoms with Crippen LogP contribution >= 0.6 is 0 Å². The molecule has 0 heterocycles. The van der Waals surface area contributed by atoms with E-state index in [0.717, 1.165) is 5.56 Å². The van der Waals surface area contributed by atoms with Gasteiger partial charge >= 0.3 is 12.1 Å². The lowest BCUT2D eigenvalue weighted by atomic mass is 10.2. The Morgan fingerprint density at radius 1 is 1.19 bits per heavy atom. The van der Waals surface area contributed by atoms with E-state index in [0.29, 0.717) is 5.75 Å². The van der Waals surface area contributed by atoms with Crippen molar-refractivity contribution in [2.75, 3.05) is 13.7 Å². The number of methoxy groups -OCH3 is 1. The second kappa shape index (κ2) is 7.51. The number of ether oxygens (including phenoxy) is 1.